The summed E-state index contributed by atoms with van der Waals surface area (Å²) >= 11 is 6.25. The third kappa shape index (κ3) is 3.29. The van der Waals surface area contributed by atoms with E-state index >= 15 is 0 Å². The van der Waals surface area contributed by atoms with E-state index in [1.807, 2.05) is 11.9 Å². The molecule has 29 heavy (non-hydrogen) atoms. The Hall–Kier alpha value is -2.48. The Morgan fingerprint density at radius 3 is 2.66 bits per heavy atom. The van der Waals surface area contributed by atoms with Crippen LogP contribution in [0.2, 0.25) is 5.02 Å². The van der Waals surface area contributed by atoms with E-state index in [0.29, 0.717) is 30.1 Å². The van der Waals surface area contributed by atoms with Gasteiger partial charge < -0.3 is 24.6 Å². The molecule has 6 nitrogen and oxygen atoms in total. The maximum Gasteiger partial charge on any atom is 0.197 e. The smallest absolute Gasteiger partial charge is 0.197 e. The Morgan fingerprint density at radius 1 is 1.24 bits per heavy atom. The van der Waals surface area contributed by atoms with Gasteiger partial charge in [0.05, 0.1) is 11.1 Å². The van der Waals surface area contributed by atoms with Crippen LogP contribution in [0, 0.1) is 0 Å². The molecular formula is C21H19BClNO5. The summed E-state index contributed by atoms with van der Waals surface area (Å²) in [4.78, 5) is 14.8. The van der Waals surface area contributed by atoms with Gasteiger partial charge in [-0.05, 0) is 37.6 Å². The topological polar surface area (TPSA) is 94.1 Å². The minimum Gasteiger partial charge on any atom is -0.508 e. The van der Waals surface area contributed by atoms with Crippen molar-refractivity contribution in [1.29, 1.82) is 0 Å². The molecule has 0 aliphatic carbocycles. The molecule has 1 aromatic heterocycles. The predicted molar refractivity (Wildman–Crippen MR) is 113 cm³/mol. The molecule has 0 bridgehead atoms. The van der Waals surface area contributed by atoms with Crippen LogP contribution in [0.3, 0.4) is 0 Å². The highest BCUT2D eigenvalue weighted by molar-refractivity contribution is 6.38. The van der Waals surface area contributed by atoms with Crippen LogP contribution >= 0.6 is 11.6 Å². The van der Waals surface area contributed by atoms with Gasteiger partial charge in [-0.2, -0.15) is 0 Å². The van der Waals surface area contributed by atoms with Crippen molar-refractivity contribution in [2.45, 2.75) is 18.4 Å². The van der Waals surface area contributed by atoms with E-state index in [1.165, 1.54) is 6.07 Å². The molecule has 3 N–H and O–H groups in total. The minimum atomic E-state index is -0.805. The Bertz CT molecular complexity index is 1160. The van der Waals surface area contributed by atoms with Crippen LogP contribution in [0.15, 0.2) is 39.5 Å². The van der Waals surface area contributed by atoms with Crippen LogP contribution in [0.25, 0.3) is 22.3 Å². The number of phenols is 2. The molecule has 0 unspecified atom stereocenters. The number of rotatable bonds is 2. The molecule has 1 fully saturated rings. The van der Waals surface area contributed by atoms with Gasteiger partial charge in [-0.15, -0.1) is 0 Å². The molecule has 2 radical (unpaired) electrons. The van der Waals surface area contributed by atoms with Crippen molar-refractivity contribution in [3.05, 3.63) is 51.1 Å². The summed E-state index contributed by atoms with van der Waals surface area (Å²) in [6.07, 6.45) is -0.286. The van der Waals surface area contributed by atoms with E-state index in [1.54, 1.807) is 24.3 Å². The first kappa shape index (κ1) is 19.8. The number of likely N-dealkylation sites (N-methyl/N-ethyl adjacent to an activating group) is 1. The van der Waals surface area contributed by atoms with Gasteiger partial charge in [-0.1, -0.05) is 23.7 Å². The van der Waals surface area contributed by atoms with E-state index in [0.717, 1.165) is 0 Å². The third-order valence-corrected chi connectivity index (χ3v) is 5.82. The van der Waals surface area contributed by atoms with Crippen LogP contribution in [0.1, 0.15) is 17.9 Å². The molecule has 1 saturated heterocycles. The fraction of sp³-hybridized carbons (Fsp3) is 0.286. The van der Waals surface area contributed by atoms with Gasteiger partial charge in [0.25, 0.3) is 0 Å². The van der Waals surface area contributed by atoms with Crippen molar-refractivity contribution >= 4 is 35.9 Å². The Labute approximate surface area is 173 Å². The zero-order valence-corrected chi connectivity index (χ0v) is 16.5. The van der Waals surface area contributed by atoms with Crippen LogP contribution in [0.4, 0.5) is 0 Å². The normalized spacial score (nSPS) is 20.2. The lowest BCUT2D eigenvalue weighted by molar-refractivity contribution is 0.0631. The first-order valence-electron chi connectivity index (χ1n) is 9.22. The minimum absolute atomic E-state index is 0.00484. The number of halogens is 1. The monoisotopic (exact) mass is 411 g/mol. The first-order chi connectivity index (χ1) is 13.8. The fourth-order valence-corrected chi connectivity index (χ4v) is 4.20. The number of hydrogen-bond donors (Lipinski definition) is 3. The average molecular weight is 412 g/mol. The molecule has 8 heteroatoms. The number of fused-ring (bicyclic) bond motifs is 1. The summed E-state index contributed by atoms with van der Waals surface area (Å²) in [6.45, 7) is 1.07. The van der Waals surface area contributed by atoms with Crippen molar-refractivity contribution in [2.75, 3.05) is 20.1 Å². The van der Waals surface area contributed by atoms with Crippen LogP contribution in [-0.4, -0.2) is 54.3 Å². The number of aliphatic hydroxyl groups excluding tert-OH is 1. The number of β-amino-alcohol motifs (C(OH)–C–C–N with tert-alkyl or cyclic N) is 1. The third-order valence-electron chi connectivity index (χ3n) is 5.49. The molecular weight excluding hydrogens is 392 g/mol. The second kappa shape index (κ2) is 7.41. The summed E-state index contributed by atoms with van der Waals surface area (Å²) in [5, 5.41) is 32.0. The number of phenolic OH excluding ortho intramolecular Hbond substituents is 2. The molecule has 1 aliphatic heterocycles. The molecule has 4 rings (SSSR count). The lowest BCUT2D eigenvalue weighted by Crippen LogP contribution is -2.40. The quantitative estimate of drug-likeness (QED) is 0.559. The van der Waals surface area contributed by atoms with Gasteiger partial charge in [0.15, 0.2) is 5.43 Å². The number of aliphatic hydroxyl groups is 1. The second-order valence-electron chi connectivity index (χ2n) is 7.41. The molecule has 0 saturated carbocycles. The van der Waals surface area contributed by atoms with Crippen molar-refractivity contribution < 1.29 is 19.7 Å². The van der Waals surface area contributed by atoms with Gasteiger partial charge in [-0.25, -0.2) is 0 Å². The van der Waals surface area contributed by atoms with Crippen molar-refractivity contribution in [1.82, 2.24) is 4.90 Å². The predicted octanol–water partition coefficient (Wildman–Crippen LogP) is 2.10. The molecule has 2 aromatic carbocycles. The van der Waals surface area contributed by atoms with E-state index in [2.05, 4.69) is 0 Å². The maximum atomic E-state index is 12.9. The zero-order chi connectivity index (χ0) is 20.9. The van der Waals surface area contributed by atoms with Gasteiger partial charge in [0, 0.05) is 29.7 Å². The van der Waals surface area contributed by atoms with Crippen molar-refractivity contribution in [3.8, 4) is 22.8 Å². The number of benzene rings is 2. The van der Waals surface area contributed by atoms with E-state index in [9.17, 15) is 20.1 Å². The Kier molecular flexibility index (Phi) is 5.06. The summed E-state index contributed by atoms with van der Waals surface area (Å²) < 4.78 is 6.00. The van der Waals surface area contributed by atoms with Crippen LogP contribution in [-0.2, 0) is 0 Å². The Balaban J connectivity index is 2.04. The summed E-state index contributed by atoms with van der Waals surface area (Å²) in [5.74, 6) is -1.24. The van der Waals surface area contributed by atoms with Gasteiger partial charge in [-0.3, -0.25) is 4.79 Å². The van der Waals surface area contributed by atoms with Crippen molar-refractivity contribution in [3.63, 3.8) is 0 Å². The fourth-order valence-electron chi connectivity index (χ4n) is 3.97. The van der Waals surface area contributed by atoms with Crippen LogP contribution < -0.4 is 10.9 Å². The van der Waals surface area contributed by atoms with E-state index in [-0.39, 0.29) is 33.5 Å². The highest BCUT2D eigenvalue weighted by Crippen LogP contribution is 2.41. The number of nitrogens with zero attached hydrogens (tertiary/aromatic N) is 1. The Morgan fingerprint density at radius 2 is 1.97 bits per heavy atom. The lowest BCUT2D eigenvalue weighted by atomic mass is 9.80. The standard InChI is InChI=1S/C21H19BClNO5/c1-24-7-6-11(14(26)9-24)16-19(27)18(22)20(28)17-13(25)8-15(29-21(16)17)10-4-2-3-5-12(10)23/h2-5,8,11,14,26-28H,6-7,9H2,1H3/t11-,14+/m0/s1. The summed E-state index contributed by atoms with van der Waals surface area (Å²) in [7, 11) is 7.76. The zero-order valence-electron chi connectivity index (χ0n) is 15.7. The molecule has 2 heterocycles. The van der Waals surface area contributed by atoms with E-state index < -0.39 is 23.2 Å². The first-order valence-corrected chi connectivity index (χ1v) is 9.60. The highest BCUT2D eigenvalue weighted by Gasteiger charge is 2.34. The number of aromatic hydroxyl groups is 2. The summed E-state index contributed by atoms with van der Waals surface area (Å²) in [5.41, 5.74) is -0.101. The van der Waals surface area contributed by atoms with Crippen LogP contribution in [0.5, 0.6) is 11.5 Å². The van der Waals surface area contributed by atoms with Gasteiger partial charge in [0.2, 0.25) is 0 Å². The molecule has 1 aliphatic rings. The van der Waals surface area contributed by atoms with Gasteiger partial charge in [0.1, 0.15) is 36.1 Å². The summed E-state index contributed by atoms with van der Waals surface area (Å²) in [6, 6.07) is 8.11. The largest absolute Gasteiger partial charge is 0.508 e. The van der Waals surface area contributed by atoms with E-state index in [4.69, 9.17) is 23.9 Å². The number of hydrogen-bond acceptors (Lipinski definition) is 6. The SMILES string of the molecule is [B]c1c(O)c([C@H]2CCN(C)C[C@H]2O)c2oc(-c3ccccc3Cl)cc(=O)c2c1O. The average Bonchev–Trinajstić information content (AvgIpc) is 2.67. The maximum absolute atomic E-state index is 12.9. The molecule has 0 amide bonds. The number of likely N-dealkylation sites (tertiary alicyclic amines) is 1. The molecule has 0 spiro atoms. The lowest BCUT2D eigenvalue weighted by Gasteiger charge is -2.34. The molecule has 2 atom stereocenters. The van der Waals surface area contributed by atoms with Gasteiger partial charge >= 0.3 is 0 Å². The number of piperidine rings is 1. The molecule has 3 aromatic rings. The van der Waals surface area contributed by atoms with Crippen molar-refractivity contribution in [2.24, 2.45) is 0 Å². The molecule has 148 valence electrons. The highest BCUT2D eigenvalue weighted by atomic mass is 35.5. The second-order valence-corrected chi connectivity index (χ2v) is 7.82.